The predicted octanol–water partition coefficient (Wildman–Crippen LogP) is -5.01. The number of carbonyl (C=O) groups excluding carboxylic acids is 1. The standard InChI is InChI=1S/C22H32Cl3NO19/c1-5(30)20(42-18(26)22(23,24)25)15(35)8(4-29)39-19(21(20)43-45-44-21)41-14-7(3-28)38-17(12(34)10(14)32)40-13-6(2-27)37-16(36)11(33)9(13)31/h6-17,19,26-29,31-36H,2-4H2,1H3/t6-,7-,8-,9-,10-,11-,12-,13-,14-,15-,16?,17-,19-,20+/m1/s1. The molecule has 45 heavy (non-hydrogen) atoms. The Labute approximate surface area is 267 Å². The van der Waals surface area contributed by atoms with Crippen LogP contribution in [0.3, 0.4) is 0 Å². The summed E-state index contributed by atoms with van der Waals surface area (Å²) in [7, 11) is 0. The summed E-state index contributed by atoms with van der Waals surface area (Å²) in [5, 5.41) is 105. The quantitative estimate of drug-likeness (QED) is 0.0461. The van der Waals surface area contributed by atoms with Gasteiger partial charge in [-0.25, -0.2) is 0 Å². The van der Waals surface area contributed by atoms with E-state index in [0.29, 0.717) is 0 Å². The molecule has 0 aromatic heterocycles. The average Bonchev–Trinajstić information content (AvgIpc) is 2.96. The monoisotopic (exact) mass is 719 g/mol. The highest BCUT2D eigenvalue weighted by atomic mass is 35.6. The fraction of sp³-hybridized carbons (Fsp3) is 0.909. The molecule has 1 unspecified atom stereocenters. The number of alkyl halides is 3. The normalized spacial score (nSPS) is 45.1. The van der Waals surface area contributed by atoms with E-state index >= 15 is 0 Å². The lowest BCUT2D eigenvalue weighted by Crippen LogP contribution is -2.83. The first-order valence-electron chi connectivity index (χ1n) is 13.1. The number of carbonyl (C=O) groups is 1. The van der Waals surface area contributed by atoms with Gasteiger partial charge in [-0.3, -0.25) is 10.2 Å². The molecular weight excluding hydrogens is 689 g/mol. The highest BCUT2D eigenvalue weighted by Gasteiger charge is 2.80. The molecule has 4 rings (SSSR count). The molecule has 0 amide bonds. The minimum absolute atomic E-state index is 0.831. The van der Waals surface area contributed by atoms with Crippen molar-refractivity contribution in [3.63, 3.8) is 0 Å². The van der Waals surface area contributed by atoms with Gasteiger partial charge in [-0.05, 0) is 6.92 Å². The van der Waals surface area contributed by atoms with Gasteiger partial charge in [-0.15, -0.1) is 0 Å². The number of Topliss-reactive ketones (excluding diaryl/α,β-unsaturated/α-hetero) is 1. The van der Waals surface area contributed by atoms with Gasteiger partial charge < -0.3 is 74.4 Å². The van der Waals surface area contributed by atoms with Crippen LogP contribution in [0.15, 0.2) is 0 Å². The summed E-state index contributed by atoms with van der Waals surface area (Å²) in [6.07, 6.45) is -24.5. The van der Waals surface area contributed by atoms with Crippen molar-refractivity contribution in [2.45, 2.75) is 102 Å². The summed E-state index contributed by atoms with van der Waals surface area (Å²) in [6, 6.07) is 0. The van der Waals surface area contributed by atoms with Crippen LogP contribution < -0.4 is 0 Å². The van der Waals surface area contributed by atoms with E-state index in [9.17, 15) is 50.8 Å². The zero-order chi connectivity index (χ0) is 33.6. The number of halogens is 3. The largest absolute Gasteiger partial charge is 0.454 e. The van der Waals surface area contributed by atoms with E-state index in [2.05, 4.69) is 5.04 Å². The Kier molecular flexibility index (Phi) is 11.6. The summed E-state index contributed by atoms with van der Waals surface area (Å²) in [5.74, 6) is -5.20. The zero-order valence-electron chi connectivity index (χ0n) is 22.9. The zero-order valence-corrected chi connectivity index (χ0v) is 25.1. The first-order valence-corrected chi connectivity index (χ1v) is 14.2. The molecule has 0 aromatic rings. The smallest absolute Gasteiger partial charge is 0.338 e. The van der Waals surface area contributed by atoms with Crippen LogP contribution in [0.25, 0.3) is 0 Å². The molecule has 10 N–H and O–H groups in total. The van der Waals surface area contributed by atoms with Crippen LogP contribution in [-0.4, -0.2) is 173 Å². The molecule has 4 heterocycles. The molecule has 20 nitrogen and oxygen atoms in total. The van der Waals surface area contributed by atoms with Crippen molar-refractivity contribution >= 4 is 46.5 Å². The lowest BCUT2D eigenvalue weighted by atomic mass is 9.77. The SMILES string of the molecule is CC(=O)[C@]1(OC(=N)C(Cl)(Cl)Cl)[C@H](O)[C@@H](CO)O[C@H](O[C@H]2[C@H](O)[C@@H](O)[C@@H](O[C@H]3[C@H](O)[C@@H](O)C(O)O[C@@H]3CO)O[C@@H]2CO)C12OOO2. The van der Waals surface area contributed by atoms with Crippen LogP contribution in [0.4, 0.5) is 0 Å². The van der Waals surface area contributed by atoms with Crippen LogP contribution in [0.5, 0.6) is 0 Å². The molecule has 0 aliphatic carbocycles. The summed E-state index contributed by atoms with van der Waals surface area (Å²) >= 11 is 17.1. The maximum Gasteiger partial charge on any atom is 0.338 e. The second-order valence-electron chi connectivity index (χ2n) is 10.4. The minimum atomic E-state index is -2.93. The summed E-state index contributed by atoms with van der Waals surface area (Å²) in [5.41, 5.74) is -2.93. The first kappa shape index (κ1) is 37.2. The fourth-order valence-corrected chi connectivity index (χ4v) is 5.40. The van der Waals surface area contributed by atoms with Crippen LogP contribution in [-0.2, 0) is 48.0 Å². The van der Waals surface area contributed by atoms with Gasteiger partial charge in [-0.1, -0.05) is 39.8 Å². The number of nitrogens with one attached hydrogen (secondary N) is 1. The molecule has 0 saturated carbocycles. The second kappa shape index (κ2) is 14.1. The van der Waals surface area contributed by atoms with Gasteiger partial charge in [0.25, 0.3) is 9.39 Å². The molecule has 4 aliphatic rings. The highest BCUT2D eigenvalue weighted by molar-refractivity contribution is 6.76. The Morgan fingerprint density at radius 1 is 0.800 bits per heavy atom. The average molecular weight is 721 g/mol. The van der Waals surface area contributed by atoms with Gasteiger partial charge >= 0.3 is 5.79 Å². The molecule has 4 fully saturated rings. The van der Waals surface area contributed by atoms with E-state index in [1.165, 1.54) is 0 Å². The van der Waals surface area contributed by atoms with E-state index in [-0.39, 0.29) is 0 Å². The molecule has 4 aliphatic heterocycles. The molecule has 0 aromatic carbocycles. The first-order chi connectivity index (χ1) is 21.0. The summed E-state index contributed by atoms with van der Waals surface area (Å²) in [6.45, 7) is -1.98. The predicted molar refractivity (Wildman–Crippen MR) is 138 cm³/mol. The number of ketones is 1. The third-order valence-electron chi connectivity index (χ3n) is 7.67. The summed E-state index contributed by atoms with van der Waals surface area (Å²) in [4.78, 5) is 23.1. The van der Waals surface area contributed by atoms with Crippen molar-refractivity contribution in [3.8, 4) is 0 Å². The van der Waals surface area contributed by atoms with Crippen LogP contribution in [0.2, 0.25) is 0 Å². The van der Waals surface area contributed by atoms with E-state index in [1.807, 2.05) is 0 Å². The Morgan fingerprint density at radius 2 is 1.33 bits per heavy atom. The maximum atomic E-state index is 13.1. The summed E-state index contributed by atoms with van der Waals surface area (Å²) < 4.78 is 30.0. The number of aliphatic hydroxyl groups is 9. The number of hydrogen-bond donors (Lipinski definition) is 10. The molecule has 23 heteroatoms. The van der Waals surface area contributed by atoms with Gasteiger partial charge in [0.1, 0.15) is 61.0 Å². The van der Waals surface area contributed by atoms with E-state index < -0.39 is 127 Å². The van der Waals surface area contributed by atoms with E-state index in [1.54, 1.807) is 0 Å². The van der Waals surface area contributed by atoms with Crippen molar-refractivity contribution in [2.24, 2.45) is 0 Å². The molecule has 4 saturated heterocycles. The van der Waals surface area contributed by atoms with Crippen molar-refractivity contribution in [1.29, 1.82) is 5.41 Å². The third-order valence-corrected chi connectivity index (χ3v) is 8.18. The Bertz CT molecular complexity index is 1060. The molecular formula is C22H32Cl3NO19. The number of ether oxygens (including phenoxy) is 6. The van der Waals surface area contributed by atoms with Crippen molar-refractivity contribution in [2.75, 3.05) is 19.8 Å². The third kappa shape index (κ3) is 6.43. The highest BCUT2D eigenvalue weighted by Crippen LogP contribution is 2.51. The fourth-order valence-electron chi connectivity index (χ4n) is 5.28. The number of rotatable bonds is 9. The molecule has 0 bridgehead atoms. The Hall–Kier alpha value is -0.670. The lowest BCUT2D eigenvalue weighted by Gasteiger charge is -2.58. The van der Waals surface area contributed by atoms with Crippen LogP contribution in [0.1, 0.15) is 6.92 Å². The number of aliphatic hydroxyl groups excluding tert-OH is 9. The number of hydrogen-bond acceptors (Lipinski definition) is 20. The van der Waals surface area contributed by atoms with Gasteiger partial charge in [0, 0.05) is 0 Å². The van der Waals surface area contributed by atoms with E-state index in [4.69, 9.17) is 78.4 Å². The Morgan fingerprint density at radius 3 is 1.82 bits per heavy atom. The van der Waals surface area contributed by atoms with Gasteiger partial charge in [0.2, 0.25) is 12.2 Å². The molecule has 260 valence electrons. The van der Waals surface area contributed by atoms with Gasteiger partial charge in [-0.2, -0.15) is 9.78 Å². The molecule has 0 radical (unpaired) electrons. The van der Waals surface area contributed by atoms with Crippen molar-refractivity contribution < 1.29 is 94.0 Å². The van der Waals surface area contributed by atoms with Gasteiger partial charge in [0.15, 0.2) is 18.4 Å². The topological polar surface area (TPSA) is 306 Å². The maximum absolute atomic E-state index is 13.1. The second-order valence-corrected chi connectivity index (χ2v) is 12.7. The molecule has 14 atom stereocenters. The van der Waals surface area contributed by atoms with Crippen molar-refractivity contribution in [1.82, 2.24) is 0 Å². The molecule has 1 spiro atoms. The van der Waals surface area contributed by atoms with E-state index in [0.717, 1.165) is 6.92 Å². The van der Waals surface area contributed by atoms with Crippen LogP contribution in [0, 0.1) is 5.41 Å². The van der Waals surface area contributed by atoms with Crippen molar-refractivity contribution in [3.05, 3.63) is 0 Å². The minimum Gasteiger partial charge on any atom is -0.454 e. The Balaban J connectivity index is 1.63. The lowest BCUT2D eigenvalue weighted by molar-refractivity contribution is -0.770. The van der Waals surface area contributed by atoms with Crippen LogP contribution >= 0.6 is 34.8 Å². The van der Waals surface area contributed by atoms with Gasteiger partial charge in [0.05, 0.1) is 19.8 Å².